The number of carbonyl (C=O) groups is 1. The van der Waals surface area contributed by atoms with Crippen LogP contribution in [-0.4, -0.2) is 15.6 Å². The van der Waals surface area contributed by atoms with Crippen molar-refractivity contribution in [1.82, 2.24) is 4.57 Å². The molecule has 0 atom stereocenters. The fraction of sp³-hybridized carbons (Fsp3) is 0.286. The van der Waals surface area contributed by atoms with E-state index >= 15 is 0 Å². The lowest BCUT2D eigenvalue weighted by atomic mass is 10.2. The Balaban J connectivity index is 3.48. The summed E-state index contributed by atoms with van der Waals surface area (Å²) in [4.78, 5) is 10.5. The van der Waals surface area contributed by atoms with Crippen LogP contribution in [0.4, 0.5) is 4.39 Å². The van der Waals surface area contributed by atoms with Gasteiger partial charge in [0.15, 0.2) is 5.82 Å². The van der Waals surface area contributed by atoms with Crippen LogP contribution in [0.1, 0.15) is 16.1 Å². The molecular formula is C7H7BrFNO2. The highest BCUT2D eigenvalue weighted by atomic mass is 79.9. The van der Waals surface area contributed by atoms with E-state index in [0.29, 0.717) is 5.69 Å². The molecule has 0 amide bonds. The Kier molecular flexibility index (Phi) is 2.23. The van der Waals surface area contributed by atoms with E-state index in [4.69, 9.17) is 5.11 Å². The Bertz CT molecular complexity index is 320. The smallest absolute Gasteiger partial charge is 0.340 e. The van der Waals surface area contributed by atoms with Gasteiger partial charge in [-0.3, -0.25) is 0 Å². The molecule has 0 radical (unpaired) electrons. The summed E-state index contributed by atoms with van der Waals surface area (Å²) >= 11 is 2.94. The number of halogens is 2. The number of aromatic nitrogens is 1. The highest BCUT2D eigenvalue weighted by Gasteiger charge is 2.21. The van der Waals surface area contributed by atoms with Crippen LogP contribution in [0.5, 0.6) is 0 Å². The topological polar surface area (TPSA) is 42.2 Å². The van der Waals surface area contributed by atoms with Crippen molar-refractivity contribution < 1.29 is 14.3 Å². The molecule has 3 nitrogen and oxygen atoms in total. The average molecular weight is 236 g/mol. The summed E-state index contributed by atoms with van der Waals surface area (Å²) in [5, 5.41) is 8.61. The predicted octanol–water partition coefficient (Wildman–Crippen LogP) is 1.93. The Labute approximate surface area is 76.9 Å². The molecule has 66 valence electrons. The van der Waals surface area contributed by atoms with Gasteiger partial charge in [-0.2, -0.15) is 0 Å². The Morgan fingerprint density at radius 3 is 2.33 bits per heavy atom. The minimum atomic E-state index is -1.24. The fourth-order valence-electron chi connectivity index (χ4n) is 0.973. The second-order valence-corrected chi connectivity index (χ2v) is 3.18. The van der Waals surface area contributed by atoms with Gasteiger partial charge in [-0.05, 0) is 22.9 Å². The van der Waals surface area contributed by atoms with E-state index in [0.717, 1.165) is 0 Å². The summed E-state index contributed by atoms with van der Waals surface area (Å²) in [6.45, 7) is 1.55. The maximum atomic E-state index is 13.1. The summed E-state index contributed by atoms with van der Waals surface area (Å²) in [5.74, 6) is -1.96. The molecular weight excluding hydrogens is 229 g/mol. The van der Waals surface area contributed by atoms with Crippen LogP contribution in [0.2, 0.25) is 0 Å². The van der Waals surface area contributed by atoms with Crippen LogP contribution in [0, 0.1) is 12.7 Å². The lowest BCUT2D eigenvalue weighted by Gasteiger charge is -1.96. The molecule has 1 N–H and O–H groups in total. The van der Waals surface area contributed by atoms with E-state index in [-0.39, 0.29) is 10.2 Å². The van der Waals surface area contributed by atoms with Crippen molar-refractivity contribution in [2.45, 2.75) is 6.92 Å². The molecule has 0 fully saturated rings. The van der Waals surface area contributed by atoms with Crippen LogP contribution in [0.15, 0.2) is 4.60 Å². The Morgan fingerprint density at radius 1 is 1.67 bits per heavy atom. The normalized spacial score (nSPS) is 10.3. The number of aromatic carboxylic acids is 1. The SMILES string of the molecule is Cc1c(C(=O)O)c(F)c(Br)n1C. The minimum absolute atomic E-state index is 0.164. The second kappa shape index (κ2) is 2.90. The monoisotopic (exact) mass is 235 g/mol. The number of hydrogen-bond acceptors (Lipinski definition) is 1. The van der Waals surface area contributed by atoms with Crippen molar-refractivity contribution in [3.8, 4) is 0 Å². The van der Waals surface area contributed by atoms with Crippen molar-refractivity contribution in [2.75, 3.05) is 0 Å². The van der Waals surface area contributed by atoms with Crippen LogP contribution in [-0.2, 0) is 7.05 Å². The van der Waals surface area contributed by atoms with Gasteiger partial charge in [0.25, 0.3) is 0 Å². The third-order valence-corrected chi connectivity index (χ3v) is 2.65. The van der Waals surface area contributed by atoms with Gasteiger partial charge < -0.3 is 9.67 Å². The van der Waals surface area contributed by atoms with E-state index in [1.165, 1.54) is 4.57 Å². The van der Waals surface area contributed by atoms with E-state index < -0.39 is 11.8 Å². The zero-order chi connectivity index (χ0) is 9.46. The lowest BCUT2D eigenvalue weighted by Crippen LogP contribution is -2.00. The van der Waals surface area contributed by atoms with Gasteiger partial charge in [-0.1, -0.05) is 0 Å². The molecule has 12 heavy (non-hydrogen) atoms. The van der Waals surface area contributed by atoms with Gasteiger partial charge in [0.05, 0.1) is 0 Å². The maximum absolute atomic E-state index is 13.1. The van der Waals surface area contributed by atoms with E-state index in [1.54, 1.807) is 14.0 Å². The Hall–Kier alpha value is -0.840. The standard InChI is InChI=1S/C7H7BrFNO2/c1-3-4(7(11)12)5(9)6(8)10(3)2/h1-2H3,(H,11,12). The number of nitrogens with zero attached hydrogens (tertiary/aromatic N) is 1. The number of carboxylic acids is 1. The lowest BCUT2D eigenvalue weighted by molar-refractivity contribution is 0.0691. The molecule has 5 heteroatoms. The summed E-state index contributed by atoms with van der Waals surface area (Å²) < 4.78 is 14.7. The molecule has 1 aromatic heterocycles. The molecule has 0 aliphatic rings. The van der Waals surface area contributed by atoms with Crippen LogP contribution in [0.3, 0.4) is 0 Å². The number of carboxylic acid groups (broad SMARTS) is 1. The molecule has 0 unspecified atom stereocenters. The predicted molar refractivity (Wildman–Crippen MR) is 44.8 cm³/mol. The zero-order valence-electron chi connectivity index (χ0n) is 6.56. The first-order valence-corrected chi connectivity index (χ1v) is 3.99. The minimum Gasteiger partial charge on any atom is -0.478 e. The molecule has 1 rings (SSSR count). The molecule has 1 heterocycles. The van der Waals surface area contributed by atoms with E-state index in [1.807, 2.05) is 0 Å². The summed E-state index contributed by atoms with van der Waals surface area (Å²) in [7, 11) is 1.59. The van der Waals surface area contributed by atoms with Crippen molar-refractivity contribution in [3.63, 3.8) is 0 Å². The van der Waals surface area contributed by atoms with Crippen LogP contribution < -0.4 is 0 Å². The van der Waals surface area contributed by atoms with E-state index in [2.05, 4.69) is 15.9 Å². The molecule has 0 saturated heterocycles. The number of rotatable bonds is 1. The molecule has 0 saturated carbocycles. The molecule has 0 aliphatic carbocycles. The zero-order valence-corrected chi connectivity index (χ0v) is 8.14. The highest BCUT2D eigenvalue weighted by Crippen LogP contribution is 2.24. The third-order valence-electron chi connectivity index (χ3n) is 1.77. The Morgan fingerprint density at radius 2 is 2.17 bits per heavy atom. The quantitative estimate of drug-likeness (QED) is 0.809. The van der Waals surface area contributed by atoms with E-state index in [9.17, 15) is 9.18 Å². The van der Waals surface area contributed by atoms with Crippen molar-refractivity contribution >= 4 is 21.9 Å². The van der Waals surface area contributed by atoms with Gasteiger partial charge in [0, 0.05) is 12.7 Å². The molecule has 0 aromatic carbocycles. The van der Waals surface area contributed by atoms with Gasteiger partial charge >= 0.3 is 5.97 Å². The number of hydrogen-bond donors (Lipinski definition) is 1. The van der Waals surface area contributed by atoms with Crippen molar-refractivity contribution in [2.24, 2.45) is 7.05 Å². The highest BCUT2D eigenvalue weighted by molar-refractivity contribution is 9.10. The summed E-state index contributed by atoms with van der Waals surface area (Å²) in [5.41, 5.74) is 0.122. The van der Waals surface area contributed by atoms with Gasteiger partial charge in [0.1, 0.15) is 10.2 Å². The van der Waals surface area contributed by atoms with Crippen LogP contribution in [0.25, 0.3) is 0 Å². The third kappa shape index (κ3) is 1.14. The molecule has 0 bridgehead atoms. The van der Waals surface area contributed by atoms with Gasteiger partial charge in [-0.25, -0.2) is 9.18 Å². The maximum Gasteiger partial charge on any atom is 0.340 e. The first kappa shape index (κ1) is 9.25. The van der Waals surface area contributed by atoms with Gasteiger partial charge in [-0.15, -0.1) is 0 Å². The molecule has 0 spiro atoms. The van der Waals surface area contributed by atoms with Crippen LogP contribution >= 0.6 is 15.9 Å². The first-order chi connectivity index (χ1) is 5.46. The second-order valence-electron chi connectivity index (χ2n) is 2.43. The molecule has 0 aliphatic heterocycles. The van der Waals surface area contributed by atoms with Gasteiger partial charge in [0.2, 0.25) is 0 Å². The summed E-state index contributed by atoms with van der Waals surface area (Å²) in [6.07, 6.45) is 0. The van der Waals surface area contributed by atoms with Crippen molar-refractivity contribution in [1.29, 1.82) is 0 Å². The largest absolute Gasteiger partial charge is 0.478 e. The average Bonchev–Trinajstić information content (AvgIpc) is 2.16. The fourth-order valence-corrected chi connectivity index (χ4v) is 1.44. The summed E-state index contributed by atoms with van der Waals surface area (Å²) in [6, 6.07) is 0. The first-order valence-electron chi connectivity index (χ1n) is 3.20. The molecule has 1 aromatic rings. The van der Waals surface area contributed by atoms with Crippen molar-refractivity contribution in [3.05, 3.63) is 21.7 Å².